The van der Waals surface area contributed by atoms with Crippen LogP contribution in [0.5, 0.6) is 0 Å². The zero-order valence-corrected chi connectivity index (χ0v) is 12.0. The molecule has 0 saturated carbocycles. The van der Waals surface area contributed by atoms with Crippen molar-refractivity contribution < 1.29 is 4.79 Å². The van der Waals surface area contributed by atoms with Gasteiger partial charge in [0.15, 0.2) is 5.65 Å². The van der Waals surface area contributed by atoms with Crippen LogP contribution in [0.15, 0.2) is 16.7 Å². The first-order chi connectivity index (χ1) is 8.41. The van der Waals surface area contributed by atoms with Crippen LogP contribution in [0.25, 0.3) is 11.2 Å². The fourth-order valence-corrected chi connectivity index (χ4v) is 2.16. The summed E-state index contributed by atoms with van der Waals surface area (Å²) in [7, 11) is 3.41. The highest BCUT2D eigenvalue weighted by Gasteiger charge is 2.22. The van der Waals surface area contributed by atoms with Gasteiger partial charge in [0, 0.05) is 24.8 Å². The van der Waals surface area contributed by atoms with Gasteiger partial charge in [-0.15, -0.1) is 0 Å². The number of rotatable bonds is 2. The number of nitrogen functional groups attached to an aromatic ring is 1. The Hall–Kier alpha value is -1.63. The number of fused-ring (bicyclic) bond motifs is 1. The first-order valence-corrected chi connectivity index (χ1v) is 6.21. The zero-order chi connectivity index (χ0) is 13.4. The van der Waals surface area contributed by atoms with Crippen molar-refractivity contribution >= 4 is 38.9 Å². The van der Waals surface area contributed by atoms with Crippen molar-refractivity contribution in [1.82, 2.24) is 19.4 Å². The molecule has 1 unspecified atom stereocenters. The van der Waals surface area contributed by atoms with Crippen molar-refractivity contribution in [2.45, 2.75) is 13.0 Å². The topological polar surface area (TPSA) is 77.0 Å². The summed E-state index contributed by atoms with van der Waals surface area (Å²) in [6.07, 6.45) is 1.66. The molecular weight excluding hydrogens is 298 g/mol. The Labute approximate surface area is 113 Å². The second kappa shape index (κ2) is 4.56. The maximum Gasteiger partial charge on any atom is 0.245 e. The number of halogens is 1. The average Bonchev–Trinajstić information content (AvgIpc) is 2.62. The van der Waals surface area contributed by atoms with E-state index in [-0.39, 0.29) is 5.91 Å². The van der Waals surface area contributed by atoms with Gasteiger partial charge in [-0.3, -0.25) is 9.36 Å². The van der Waals surface area contributed by atoms with Gasteiger partial charge in [0.1, 0.15) is 11.6 Å². The summed E-state index contributed by atoms with van der Waals surface area (Å²) in [6, 6.07) is 1.39. The fourth-order valence-electron chi connectivity index (χ4n) is 1.84. The Morgan fingerprint density at radius 2 is 2.22 bits per heavy atom. The fraction of sp³-hybridized carbons (Fsp3) is 0.364. The molecule has 0 spiro atoms. The smallest absolute Gasteiger partial charge is 0.245 e. The van der Waals surface area contributed by atoms with E-state index in [1.54, 1.807) is 31.8 Å². The number of aromatic nitrogens is 3. The third-order valence-corrected chi connectivity index (χ3v) is 3.14. The molecule has 0 radical (unpaired) electrons. The van der Waals surface area contributed by atoms with Crippen LogP contribution in [0.2, 0.25) is 0 Å². The number of hydrogen-bond acceptors (Lipinski definition) is 4. The Kier molecular flexibility index (Phi) is 3.25. The lowest BCUT2D eigenvalue weighted by atomic mass is 10.3. The molecule has 96 valence electrons. The van der Waals surface area contributed by atoms with Crippen LogP contribution in [0.4, 0.5) is 5.95 Å². The lowest BCUT2D eigenvalue weighted by Crippen LogP contribution is -2.30. The van der Waals surface area contributed by atoms with Gasteiger partial charge in [-0.2, -0.15) is 0 Å². The molecule has 0 aliphatic carbocycles. The predicted molar refractivity (Wildman–Crippen MR) is 73.0 cm³/mol. The van der Waals surface area contributed by atoms with Gasteiger partial charge < -0.3 is 10.6 Å². The Morgan fingerprint density at radius 3 is 2.83 bits per heavy atom. The maximum atomic E-state index is 12.0. The van der Waals surface area contributed by atoms with Crippen molar-refractivity contribution in [3.8, 4) is 0 Å². The summed E-state index contributed by atoms with van der Waals surface area (Å²) in [5, 5.41) is 0. The number of nitrogens with zero attached hydrogens (tertiary/aromatic N) is 4. The summed E-state index contributed by atoms with van der Waals surface area (Å²) in [5.74, 6) is 0.240. The SMILES string of the molecule is CC(C(=O)N(C)C)n1c(N)nc2cc(Br)cnc21. The van der Waals surface area contributed by atoms with E-state index in [2.05, 4.69) is 25.9 Å². The lowest BCUT2D eigenvalue weighted by molar-refractivity contribution is -0.131. The molecule has 0 bridgehead atoms. The van der Waals surface area contributed by atoms with Gasteiger partial charge in [0.05, 0.1) is 0 Å². The number of hydrogen-bond donors (Lipinski definition) is 1. The van der Waals surface area contributed by atoms with Gasteiger partial charge in [-0.1, -0.05) is 0 Å². The van der Waals surface area contributed by atoms with Gasteiger partial charge in [0.2, 0.25) is 11.9 Å². The molecule has 0 fully saturated rings. The molecule has 0 saturated heterocycles. The standard InChI is InChI=1S/C11H14BrN5O/c1-6(10(18)16(2)3)17-9-8(15-11(17)13)4-7(12)5-14-9/h4-6H,1-3H3,(H2,13,15). The van der Waals surface area contributed by atoms with E-state index in [0.29, 0.717) is 17.1 Å². The molecule has 6 nitrogen and oxygen atoms in total. The van der Waals surface area contributed by atoms with Crippen LogP contribution in [0.1, 0.15) is 13.0 Å². The first-order valence-electron chi connectivity index (χ1n) is 5.42. The minimum absolute atomic E-state index is 0.0503. The van der Waals surface area contributed by atoms with Crippen molar-refractivity contribution in [2.24, 2.45) is 0 Å². The number of pyridine rings is 1. The number of nitrogens with two attached hydrogens (primary N) is 1. The molecular formula is C11H14BrN5O. The molecule has 1 atom stereocenters. The molecule has 2 rings (SSSR count). The molecule has 2 aromatic heterocycles. The third kappa shape index (κ3) is 2.05. The Bertz CT molecular complexity index is 607. The van der Waals surface area contributed by atoms with Crippen LogP contribution < -0.4 is 5.73 Å². The number of carbonyl (C=O) groups is 1. The van der Waals surface area contributed by atoms with Crippen molar-refractivity contribution in [2.75, 3.05) is 19.8 Å². The maximum absolute atomic E-state index is 12.0. The molecule has 1 amide bonds. The van der Waals surface area contributed by atoms with E-state index in [9.17, 15) is 4.79 Å². The van der Waals surface area contributed by atoms with Crippen molar-refractivity contribution in [1.29, 1.82) is 0 Å². The Morgan fingerprint density at radius 1 is 1.56 bits per heavy atom. The van der Waals surface area contributed by atoms with Crippen LogP contribution in [-0.2, 0) is 4.79 Å². The second-order valence-electron chi connectivity index (χ2n) is 4.24. The van der Waals surface area contributed by atoms with Crippen LogP contribution in [0.3, 0.4) is 0 Å². The predicted octanol–water partition coefficient (Wildman–Crippen LogP) is 1.43. The molecule has 18 heavy (non-hydrogen) atoms. The molecule has 7 heteroatoms. The van der Waals surface area contributed by atoms with Gasteiger partial charge in [-0.25, -0.2) is 9.97 Å². The van der Waals surface area contributed by atoms with Crippen molar-refractivity contribution in [3.05, 3.63) is 16.7 Å². The normalized spacial score (nSPS) is 12.7. The summed E-state index contributed by atoms with van der Waals surface area (Å²) < 4.78 is 2.47. The highest BCUT2D eigenvalue weighted by atomic mass is 79.9. The van der Waals surface area contributed by atoms with Gasteiger partial charge in [0.25, 0.3) is 0 Å². The summed E-state index contributed by atoms with van der Waals surface area (Å²) in [5.41, 5.74) is 7.14. The van der Waals surface area contributed by atoms with Crippen molar-refractivity contribution in [3.63, 3.8) is 0 Å². The molecule has 0 aliphatic heterocycles. The summed E-state index contributed by atoms with van der Waals surface area (Å²) in [4.78, 5) is 22.0. The number of anilines is 1. The number of imidazole rings is 1. The zero-order valence-electron chi connectivity index (χ0n) is 10.4. The largest absolute Gasteiger partial charge is 0.369 e. The number of carbonyl (C=O) groups excluding carboxylic acids is 1. The Balaban J connectivity index is 2.57. The molecule has 0 aliphatic rings. The quantitative estimate of drug-likeness (QED) is 0.910. The summed E-state index contributed by atoms with van der Waals surface area (Å²) >= 11 is 3.33. The second-order valence-corrected chi connectivity index (χ2v) is 5.16. The highest BCUT2D eigenvalue weighted by molar-refractivity contribution is 9.10. The van der Waals surface area contributed by atoms with E-state index in [1.165, 1.54) is 4.90 Å². The van der Waals surface area contributed by atoms with Crippen LogP contribution in [0, 0.1) is 0 Å². The first kappa shape index (κ1) is 12.8. The van der Waals surface area contributed by atoms with Crippen LogP contribution >= 0.6 is 15.9 Å². The third-order valence-electron chi connectivity index (χ3n) is 2.71. The molecule has 2 N–H and O–H groups in total. The van der Waals surface area contributed by atoms with E-state index < -0.39 is 6.04 Å². The number of amides is 1. The van der Waals surface area contributed by atoms with E-state index >= 15 is 0 Å². The molecule has 2 heterocycles. The molecule has 2 aromatic rings. The van der Waals surface area contributed by atoms with E-state index in [4.69, 9.17) is 5.73 Å². The minimum Gasteiger partial charge on any atom is -0.369 e. The monoisotopic (exact) mass is 311 g/mol. The minimum atomic E-state index is -0.432. The van der Waals surface area contributed by atoms with E-state index in [1.807, 2.05) is 6.07 Å². The lowest BCUT2D eigenvalue weighted by Gasteiger charge is -2.19. The molecule has 0 aromatic carbocycles. The average molecular weight is 312 g/mol. The number of likely N-dealkylation sites (N-methyl/N-ethyl adjacent to an activating group) is 1. The van der Waals surface area contributed by atoms with Gasteiger partial charge >= 0.3 is 0 Å². The summed E-state index contributed by atoms with van der Waals surface area (Å²) in [6.45, 7) is 1.78. The highest BCUT2D eigenvalue weighted by Crippen LogP contribution is 2.24. The van der Waals surface area contributed by atoms with E-state index in [0.717, 1.165) is 4.47 Å². The van der Waals surface area contributed by atoms with Gasteiger partial charge in [-0.05, 0) is 28.9 Å². The van der Waals surface area contributed by atoms with Crippen LogP contribution in [-0.4, -0.2) is 39.4 Å².